The molecule has 2 heterocycles. The first-order valence-electron chi connectivity index (χ1n) is 6.14. The zero-order valence-corrected chi connectivity index (χ0v) is 11.7. The van der Waals surface area contributed by atoms with Crippen molar-refractivity contribution in [1.29, 1.82) is 5.26 Å². The number of hydrogen-bond donors (Lipinski definition) is 0. The average Bonchev–Trinajstić information content (AvgIpc) is 2.91. The zero-order valence-electron chi connectivity index (χ0n) is 10.9. The Morgan fingerprint density at radius 2 is 1.82 bits per heavy atom. The summed E-state index contributed by atoms with van der Waals surface area (Å²) in [6.45, 7) is 0. The van der Waals surface area contributed by atoms with E-state index in [0.29, 0.717) is 16.8 Å². The van der Waals surface area contributed by atoms with E-state index in [9.17, 15) is 13.2 Å². The number of rotatable bonds is 1. The van der Waals surface area contributed by atoms with Gasteiger partial charge in [0.1, 0.15) is 0 Å². The standard InChI is InChI=1S/C15H7ClF3N3/c16-12-5-11(15(17,18)19)7-22-8-13(21-14(12)22)10-3-1-9(6-20)2-4-10/h1-5,7-8H. The van der Waals surface area contributed by atoms with Gasteiger partial charge in [-0.05, 0) is 18.2 Å². The van der Waals surface area contributed by atoms with Crippen LogP contribution in [0.3, 0.4) is 0 Å². The van der Waals surface area contributed by atoms with Gasteiger partial charge in [0.25, 0.3) is 0 Å². The van der Waals surface area contributed by atoms with Crippen LogP contribution < -0.4 is 0 Å². The lowest BCUT2D eigenvalue weighted by molar-refractivity contribution is -0.137. The molecule has 0 aliphatic rings. The minimum absolute atomic E-state index is 0.0743. The zero-order chi connectivity index (χ0) is 15.9. The van der Waals surface area contributed by atoms with Crippen LogP contribution in [0.1, 0.15) is 11.1 Å². The van der Waals surface area contributed by atoms with Crippen molar-refractivity contribution in [1.82, 2.24) is 9.38 Å². The quantitative estimate of drug-likeness (QED) is 0.660. The van der Waals surface area contributed by atoms with Crippen molar-refractivity contribution < 1.29 is 13.2 Å². The number of aromatic nitrogens is 2. The number of nitrogens with zero attached hydrogens (tertiary/aromatic N) is 3. The Balaban J connectivity index is 2.13. The van der Waals surface area contributed by atoms with Gasteiger partial charge < -0.3 is 4.40 Å². The Labute approximate surface area is 128 Å². The highest BCUT2D eigenvalue weighted by Gasteiger charge is 2.31. The van der Waals surface area contributed by atoms with Crippen LogP contribution in [-0.4, -0.2) is 9.38 Å². The van der Waals surface area contributed by atoms with Crippen molar-refractivity contribution in [2.45, 2.75) is 6.18 Å². The normalized spacial score (nSPS) is 11.6. The SMILES string of the molecule is N#Cc1ccc(-c2cn3cc(C(F)(F)F)cc(Cl)c3n2)cc1. The van der Waals surface area contributed by atoms with Gasteiger partial charge in [-0.3, -0.25) is 0 Å². The summed E-state index contributed by atoms with van der Waals surface area (Å²) < 4.78 is 39.6. The van der Waals surface area contributed by atoms with E-state index in [1.165, 1.54) is 10.6 Å². The Morgan fingerprint density at radius 3 is 2.41 bits per heavy atom. The van der Waals surface area contributed by atoms with E-state index in [4.69, 9.17) is 16.9 Å². The molecule has 7 heteroatoms. The lowest BCUT2D eigenvalue weighted by Gasteiger charge is -2.07. The van der Waals surface area contributed by atoms with Gasteiger partial charge in [0, 0.05) is 18.0 Å². The lowest BCUT2D eigenvalue weighted by Crippen LogP contribution is -2.06. The lowest BCUT2D eigenvalue weighted by atomic mass is 10.1. The maximum Gasteiger partial charge on any atom is 0.417 e. The molecule has 22 heavy (non-hydrogen) atoms. The van der Waals surface area contributed by atoms with Gasteiger partial charge in [-0.15, -0.1) is 0 Å². The van der Waals surface area contributed by atoms with Gasteiger partial charge in [-0.25, -0.2) is 4.98 Å². The number of imidazole rings is 1. The number of benzene rings is 1. The second kappa shape index (κ2) is 5.04. The second-order valence-corrected chi connectivity index (χ2v) is 5.03. The first-order valence-corrected chi connectivity index (χ1v) is 6.52. The molecule has 0 aliphatic heterocycles. The Bertz CT molecular complexity index is 889. The summed E-state index contributed by atoms with van der Waals surface area (Å²) in [5.74, 6) is 0. The Hall–Kier alpha value is -2.52. The van der Waals surface area contributed by atoms with Crippen LogP contribution in [0.2, 0.25) is 5.02 Å². The molecule has 0 amide bonds. The molecule has 110 valence electrons. The Morgan fingerprint density at radius 1 is 1.14 bits per heavy atom. The number of hydrogen-bond acceptors (Lipinski definition) is 2. The number of fused-ring (bicyclic) bond motifs is 1. The number of pyridine rings is 1. The predicted octanol–water partition coefficient (Wildman–Crippen LogP) is 4.55. The fourth-order valence-corrected chi connectivity index (χ4v) is 2.32. The summed E-state index contributed by atoms with van der Waals surface area (Å²) in [5.41, 5.74) is 1.06. The molecule has 0 spiro atoms. The smallest absolute Gasteiger partial charge is 0.305 e. The molecule has 0 N–H and O–H groups in total. The summed E-state index contributed by atoms with van der Waals surface area (Å²) in [5, 5.41) is 8.69. The molecule has 1 aromatic carbocycles. The van der Waals surface area contributed by atoms with E-state index in [0.717, 1.165) is 12.3 Å². The van der Waals surface area contributed by atoms with E-state index >= 15 is 0 Å². The van der Waals surface area contributed by atoms with E-state index < -0.39 is 11.7 Å². The fraction of sp³-hybridized carbons (Fsp3) is 0.0667. The van der Waals surface area contributed by atoms with Crippen molar-refractivity contribution in [3.05, 3.63) is 58.9 Å². The molecule has 3 rings (SSSR count). The Kier molecular flexibility index (Phi) is 3.30. The highest BCUT2D eigenvalue weighted by Crippen LogP contribution is 2.33. The van der Waals surface area contributed by atoms with E-state index in [-0.39, 0.29) is 10.7 Å². The van der Waals surface area contributed by atoms with E-state index in [1.807, 2.05) is 6.07 Å². The number of halogens is 4. The third-order valence-electron chi connectivity index (χ3n) is 3.14. The van der Waals surface area contributed by atoms with E-state index in [1.54, 1.807) is 24.3 Å². The molecule has 2 aromatic heterocycles. The van der Waals surface area contributed by atoms with Crippen molar-refractivity contribution in [3.63, 3.8) is 0 Å². The molecule has 0 radical (unpaired) electrons. The molecule has 0 saturated heterocycles. The molecule has 0 atom stereocenters. The minimum atomic E-state index is -4.48. The molecule has 0 unspecified atom stereocenters. The third-order valence-corrected chi connectivity index (χ3v) is 3.42. The first kappa shape index (κ1) is 14.4. The van der Waals surface area contributed by atoms with Crippen LogP contribution in [-0.2, 0) is 6.18 Å². The van der Waals surface area contributed by atoms with Crippen molar-refractivity contribution >= 4 is 17.2 Å². The largest absolute Gasteiger partial charge is 0.417 e. The predicted molar refractivity (Wildman–Crippen MR) is 75.4 cm³/mol. The maximum absolute atomic E-state index is 12.8. The topological polar surface area (TPSA) is 41.1 Å². The third kappa shape index (κ3) is 2.51. The molecule has 0 fully saturated rings. The molecule has 0 saturated carbocycles. The van der Waals surface area contributed by atoms with Crippen LogP contribution in [0.5, 0.6) is 0 Å². The molecule has 0 aliphatic carbocycles. The fourth-order valence-electron chi connectivity index (χ4n) is 2.07. The van der Waals surface area contributed by atoms with Crippen LogP contribution in [0.4, 0.5) is 13.2 Å². The molecule has 3 nitrogen and oxygen atoms in total. The molecule has 0 bridgehead atoms. The van der Waals surface area contributed by atoms with Gasteiger partial charge in [0.2, 0.25) is 0 Å². The molecule has 3 aromatic rings. The van der Waals surface area contributed by atoms with Crippen LogP contribution in [0.25, 0.3) is 16.9 Å². The van der Waals surface area contributed by atoms with Crippen LogP contribution in [0.15, 0.2) is 42.7 Å². The maximum atomic E-state index is 12.8. The second-order valence-electron chi connectivity index (χ2n) is 4.62. The highest BCUT2D eigenvalue weighted by molar-refractivity contribution is 6.33. The van der Waals surface area contributed by atoms with Crippen LogP contribution in [0, 0.1) is 11.3 Å². The summed E-state index contributed by atoms with van der Waals surface area (Å²) >= 11 is 5.89. The van der Waals surface area contributed by atoms with Crippen molar-refractivity contribution in [3.8, 4) is 17.3 Å². The summed E-state index contributed by atoms with van der Waals surface area (Å²) in [6.07, 6.45) is -2.06. The van der Waals surface area contributed by atoms with Gasteiger partial charge in [-0.2, -0.15) is 18.4 Å². The van der Waals surface area contributed by atoms with Crippen molar-refractivity contribution in [2.24, 2.45) is 0 Å². The van der Waals surface area contributed by atoms with Gasteiger partial charge in [-0.1, -0.05) is 23.7 Å². The highest BCUT2D eigenvalue weighted by atomic mass is 35.5. The van der Waals surface area contributed by atoms with Gasteiger partial charge in [0.05, 0.1) is 27.9 Å². The number of alkyl halides is 3. The van der Waals surface area contributed by atoms with Crippen molar-refractivity contribution in [2.75, 3.05) is 0 Å². The monoisotopic (exact) mass is 321 g/mol. The molecular formula is C15H7ClF3N3. The summed E-state index contributed by atoms with van der Waals surface area (Å²) in [7, 11) is 0. The first-order chi connectivity index (χ1) is 10.4. The van der Waals surface area contributed by atoms with Crippen LogP contribution >= 0.6 is 11.6 Å². The summed E-state index contributed by atoms with van der Waals surface area (Å²) in [6, 6.07) is 9.43. The molecular weight excluding hydrogens is 315 g/mol. The van der Waals surface area contributed by atoms with Gasteiger partial charge in [0.15, 0.2) is 5.65 Å². The van der Waals surface area contributed by atoms with Gasteiger partial charge >= 0.3 is 6.18 Å². The summed E-state index contributed by atoms with van der Waals surface area (Å²) in [4.78, 5) is 4.24. The number of nitriles is 1. The average molecular weight is 322 g/mol. The van der Waals surface area contributed by atoms with E-state index in [2.05, 4.69) is 4.98 Å². The minimum Gasteiger partial charge on any atom is -0.305 e.